The Balaban J connectivity index is 1.52. The molecule has 1 saturated heterocycles. The smallest absolute Gasteiger partial charge is 0.256 e. The van der Waals surface area contributed by atoms with Gasteiger partial charge in [0.1, 0.15) is 11.3 Å². The fourth-order valence-corrected chi connectivity index (χ4v) is 4.85. The average Bonchev–Trinajstić information content (AvgIpc) is 2.87. The summed E-state index contributed by atoms with van der Waals surface area (Å²) in [7, 11) is 1.52. The molecule has 180 valence electrons. The number of anilines is 1. The van der Waals surface area contributed by atoms with E-state index < -0.39 is 0 Å². The van der Waals surface area contributed by atoms with Gasteiger partial charge >= 0.3 is 0 Å². The van der Waals surface area contributed by atoms with Crippen molar-refractivity contribution < 1.29 is 9.13 Å². The van der Waals surface area contributed by atoms with E-state index in [1.165, 1.54) is 13.2 Å². The Hall–Kier alpha value is -3.88. The number of ether oxygens (including phenoxy) is 1. The van der Waals surface area contributed by atoms with Gasteiger partial charge in [0.2, 0.25) is 5.88 Å². The van der Waals surface area contributed by atoms with Crippen LogP contribution < -0.4 is 15.2 Å². The number of benzene rings is 1. The van der Waals surface area contributed by atoms with Crippen molar-refractivity contribution in [2.45, 2.75) is 39.2 Å². The largest absolute Gasteiger partial charge is 0.480 e. The van der Waals surface area contributed by atoms with Gasteiger partial charge in [-0.25, -0.2) is 9.37 Å². The third-order valence-electron chi connectivity index (χ3n) is 6.74. The van der Waals surface area contributed by atoms with E-state index in [-0.39, 0.29) is 23.8 Å². The van der Waals surface area contributed by atoms with Crippen LogP contribution in [0.3, 0.4) is 0 Å². The van der Waals surface area contributed by atoms with E-state index in [4.69, 9.17) is 4.74 Å². The van der Waals surface area contributed by atoms with Gasteiger partial charge in [0.25, 0.3) is 5.56 Å². The molecular formula is C26H27FN6O2. The number of aromatic nitrogens is 5. The van der Waals surface area contributed by atoms with E-state index in [1.807, 2.05) is 26.0 Å². The maximum absolute atomic E-state index is 14.5. The highest BCUT2D eigenvalue weighted by Gasteiger charge is 2.27. The minimum Gasteiger partial charge on any atom is -0.480 e. The van der Waals surface area contributed by atoms with Crippen molar-refractivity contribution in [3.8, 4) is 5.88 Å². The Morgan fingerprint density at radius 2 is 1.89 bits per heavy atom. The number of methoxy groups -OCH3 is 1. The molecule has 4 aromatic rings. The van der Waals surface area contributed by atoms with E-state index in [2.05, 4.69) is 24.8 Å². The van der Waals surface area contributed by atoms with Crippen molar-refractivity contribution in [2.24, 2.45) is 0 Å². The quantitative estimate of drug-likeness (QED) is 0.435. The molecule has 1 aromatic carbocycles. The van der Waals surface area contributed by atoms with E-state index in [0.29, 0.717) is 47.1 Å². The first-order chi connectivity index (χ1) is 17.0. The maximum Gasteiger partial charge on any atom is 0.256 e. The van der Waals surface area contributed by atoms with Gasteiger partial charge in [-0.05, 0) is 50.3 Å². The first-order valence-electron chi connectivity index (χ1n) is 11.7. The average molecular weight is 475 g/mol. The number of piperidine rings is 1. The summed E-state index contributed by atoms with van der Waals surface area (Å²) in [5.41, 5.74) is 4.66. The van der Waals surface area contributed by atoms with Crippen LogP contribution in [0.1, 0.15) is 41.3 Å². The molecule has 1 aliphatic heterocycles. The molecule has 9 heteroatoms. The predicted molar refractivity (Wildman–Crippen MR) is 132 cm³/mol. The zero-order chi connectivity index (χ0) is 24.5. The number of rotatable bonds is 5. The van der Waals surface area contributed by atoms with Crippen LogP contribution in [0.4, 0.5) is 10.1 Å². The number of aryl methyl sites for hydroxylation is 2. The first kappa shape index (κ1) is 22.9. The summed E-state index contributed by atoms with van der Waals surface area (Å²) in [6.45, 7) is 5.36. The van der Waals surface area contributed by atoms with Gasteiger partial charge in [0, 0.05) is 31.0 Å². The summed E-state index contributed by atoms with van der Waals surface area (Å²) in [5.74, 6) is 0.163. The fraction of sp³-hybridized carbons (Fsp3) is 0.346. The maximum atomic E-state index is 14.5. The molecule has 0 unspecified atom stereocenters. The minimum atomic E-state index is -0.208. The van der Waals surface area contributed by atoms with Crippen LogP contribution in [0.2, 0.25) is 0 Å². The van der Waals surface area contributed by atoms with Crippen LogP contribution in [0, 0.1) is 19.7 Å². The minimum absolute atomic E-state index is 0.0355. The van der Waals surface area contributed by atoms with Crippen LogP contribution in [0.15, 0.2) is 47.7 Å². The summed E-state index contributed by atoms with van der Waals surface area (Å²) in [5, 5.41) is 0. The van der Waals surface area contributed by atoms with Crippen LogP contribution in [-0.2, 0) is 6.54 Å². The second kappa shape index (κ2) is 9.40. The van der Waals surface area contributed by atoms with Crippen molar-refractivity contribution in [1.82, 2.24) is 24.5 Å². The lowest BCUT2D eigenvalue weighted by atomic mass is 9.89. The van der Waals surface area contributed by atoms with Crippen LogP contribution >= 0.6 is 0 Å². The zero-order valence-corrected chi connectivity index (χ0v) is 20.0. The lowest BCUT2D eigenvalue weighted by Crippen LogP contribution is -2.36. The lowest BCUT2D eigenvalue weighted by molar-refractivity contribution is 0.396. The van der Waals surface area contributed by atoms with Gasteiger partial charge in [-0.3, -0.25) is 19.3 Å². The highest BCUT2D eigenvalue weighted by molar-refractivity contribution is 5.71. The molecule has 5 rings (SSSR count). The first-order valence-corrected chi connectivity index (χ1v) is 11.7. The molecule has 35 heavy (non-hydrogen) atoms. The molecule has 4 heterocycles. The number of halogens is 1. The summed E-state index contributed by atoms with van der Waals surface area (Å²) in [4.78, 5) is 33.6. The second-order valence-electron chi connectivity index (χ2n) is 8.87. The Morgan fingerprint density at radius 3 is 2.60 bits per heavy atom. The van der Waals surface area contributed by atoms with E-state index in [9.17, 15) is 9.18 Å². The standard InChI is InChI=1S/C26H27FN6O2/c1-16-5-4-6-20(27)24(16)32-11-7-18(8-12-32)19-13-21-25(31-23(35-3)14-30-21)33(26(19)34)15-22-17(2)28-9-10-29-22/h4-6,9-10,13-14,18H,7-8,11-12,15H2,1-3H3. The van der Waals surface area contributed by atoms with Gasteiger partial charge in [-0.1, -0.05) is 12.1 Å². The van der Waals surface area contributed by atoms with Crippen molar-refractivity contribution >= 4 is 16.9 Å². The van der Waals surface area contributed by atoms with Gasteiger partial charge in [0.05, 0.1) is 36.9 Å². The van der Waals surface area contributed by atoms with Crippen LogP contribution in [0.5, 0.6) is 5.88 Å². The number of fused-ring (bicyclic) bond motifs is 1. The molecule has 0 radical (unpaired) electrons. The Labute approximate surface area is 202 Å². The third kappa shape index (κ3) is 4.34. The van der Waals surface area contributed by atoms with E-state index >= 15 is 0 Å². The molecule has 1 fully saturated rings. The fourth-order valence-electron chi connectivity index (χ4n) is 4.85. The van der Waals surface area contributed by atoms with Crippen molar-refractivity contribution in [1.29, 1.82) is 0 Å². The monoisotopic (exact) mass is 474 g/mol. The van der Waals surface area contributed by atoms with Crippen LogP contribution in [-0.4, -0.2) is 44.7 Å². The summed E-state index contributed by atoms with van der Waals surface area (Å²) >= 11 is 0. The van der Waals surface area contributed by atoms with E-state index in [0.717, 1.165) is 24.1 Å². The van der Waals surface area contributed by atoms with Gasteiger partial charge in [0.15, 0.2) is 5.65 Å². The molecular weight excluding hydrogens is 447 g/mol. The van der Waals surface area contributed by atoms with Gasteiger partial charge in [-0.2, -0.15) is 4.98 Å². The molecule has 0 spiro atoms. The Kier molecular flexibility index (Phi) is 6.15. The number of hydrogen-bond acceptors (Lipinski definition) is 7. The van der Waals surface area contributed by atoms with Crippen molar-refractivity contribution in [2.75, 3.05) is 25.1 Å². The highest BCUT2D eigenvalue weighted by atomic mass is 19.1. The van der Waals surface area contributed by atoms with Crippen molar-refractivity contribution in [3.63, 3.8) is 0 Å². The Bertz CT molecular complexity index is 1430. The van der Waals surface area contributed by atoms with Crippen molar-refractivity contribution in [3.05, 3.63) is 81.5 Å². The number of para-hydroxylation sites is 1. The topological polar surface area (TPSA) is 86.0 Å². The molecule has 1 aliphatic rings. The number of nitrogens with zero attached hydrogens (tertiary/aromatic N) is 6. The molecule has 0 amide bonds. The van der Waals surface area contributed by atoms with Gasteiger partial charge < -0.3 is 9.64 Å². The molecule has 0 bridgehead atoms. The second-order valence-corrected chi connectivity index (χ2v) is 8.87. The number of pyridine rings is 1. The zero-order valence-electron chi connectivity index (χ0n) is 20.0. The van der Waals surface area contributed by atoms with Gasteiger partial charge in [-0.15, -0.1) is 0 Å². The summed E-state index contributed by atoms with van der Waals surface area (Å²) in [6, 6.07) is 7.00. The molecule has 8 nitrogen and oxygen atoms in total. The molecule has 0 saturated carbocycles. The number of hydrogen-bond donors (Lipinski definition) is 0. The Morgan fingerprint density at radius 1 is 1.11 bits per heavy atom. The molecule has 0 N–H and O–H groups in total. The normalized spacial score (nSPS) is 14.5. The lowest BCUT2D eigenvalue weighted by Gasteiger charge is -2.34. The molecule has 3 aromatic heterocycles. The summed E-state index contributed by atoms with van der Waals surface area (Å²) in [6.07, 6.45) is 6.28. The molecule has 0 atom stereocenters. The predicted octanol–water partition coefficient (Wildman–Crippen LogP) is 3.78. The van der Waals surface area contributed by atoms with E-state index in [1.54, 1.807) is 29.2 Å². The SMILES string of the molecule is COc1cnc2cc(C3CCN(c4c(C)cccc4F)CC3)c(=O)n(Cc3nccnc3C)c2n1. The molecule has 0 aliphatic carbocycles. The van der Waals surface area contributed by atoms with Crippen LogP contribution in [0.25, 0.3) is 11.2 Å². The third-order valence-corrected chi connectivity index (χ3v) is 6.74. The highest BCUT2D eigenvalue weighted by Crippen LogP contribution is 2.33. The summed E-state index contributed by atoms with van der Waals surface area (Å²) < 4.78 is 21.4.